The van der Waals surface area contributed by atoms with E-state index in [-0.39, 0.29) is 11.1 Å². The van der Waals surface area contributed by atoms with Gasteiger partial charge in [0.1, 0.15) is 0 Å². The van der Waals surface area contributed by atoms with Crippen molar-refractivity contribution in [3.8, 4) is 0 Å². The molecule has 3 nitrogen and oxygen atoms in total. The highest BCUT2D eigenvalue weighted by Gasteiger charge is 2.39. The second-order valence-electron chi connectivity index (χ2n) is 5.41. The van der Waals surface area contributed by atoms with E-state index >= 15 is 0 Å². The first-order valence-electron chi connectivity index (χ1n) is 6.46. The number of carbonyl (C=O) groups excluding carboxylic acids is 1. The molecule has 0 atom stereocenters. The molecule has 1 aromatic rings. The Bertz CT molecular complexity index is 504. The van der Waals surface area contributed by atoms with Gasteiger partial charge in [-0.05, 0) is 45.5 Å². The van der Waals surface area contributed by atoms with Gasteiger partial charge in [0, 0.05) is 17.6 Å². The highest BCUT2D eigenvalue weighted by molar-refractivity contribution is 5.94. The number of nitrogens with one attached hydrogen (secondary N) is 1. The van der Waals surface area contributed by atoms with Gasteiger partial charge in [-0.2, -0.15) is 0 Å². The van der Waals surface area contributed by atoms with E-state index in [2.05, 4.69) is 5.32 Å². The van der Waals surface area contributed by atoms with Crippen LogP contribution in [0.3, 0.4) is 0 Å². The summed E-state index contributed by atoms with van der Waals surface area (Å²) >= 11 is 0. The van der Waals surface area contributed by atoms with Gasteiger partial charge in [0.15, 0.2) is 17.5 Å². The zero-order valence-corrected chi connectivity index (χ0v) is 11.5. The van der Waals surface area contributed by atoms with Crippen molar-refractivity contribution in [3.63, 3.8) is 0 Å². The van der Waals surface area contributed by atoms with Gasteiger partial charge in [0.05, 0.1) is 0 Å². The number of benzene rings is 1. The molecule has 1 saturated carbocycles. The van der Waals surface area contributed by atoms with Crippen molar-refractivity contribution in [2.24, 2.45) is 0 Å². The standard InChI is InChI=1S/C14H17F3N2O/c1-19(2)14(4-3-5-14)8-18-13(20)9-6-10(15)12(17)11(16)7-9/h6-7H,3-5,8H2,1-2H3,(H,18,20). The van der Waals surface area contributed by atoms with Gasteiger partial charge in [-0.1, -0.05) is 0 Å². The summed E-state index contributed by atoms with van der Waals surface area (Å²) in [4.78, 5) is 13.9. The molecular formula is C14H17F3N2O. The number of nitrogens with zero attached hydrogens (tertiary/aromatic N) is 1. The molecule has 0 bridgehead atoms. The molecule has 1 aliphatic carbocycles. The number of amides is 1. The molecule has 0 heterocycles. The third kappa shape index (κ3) is 2.65. The maximum atomic E-state index is 13.1. The molecule has 6 heteroatoms. The molecule has 1 aromatic carbocycles. The van der Waals surface area contributed by atoms with Crippen LogP contribution in [0.2, 0.25) is 0 Å². The van der Waals surface area contributed by atoms with Gasteiger partial charge in [0.2, 0.25) is 0 Å². The molecule has 1 aliphatic rings. The Labute approximate surface area is 115 Å². The maximum absolute atomic E-state index is 13.1. The number of hydrogen-bond donors (Lipinski definition) is 1. The van der Waals surface area contributed by atoms with E-state index in [1.54, 1.807) is 0 Å². The monoisotopic (exact) mass is 286 g/mol. The van der Waals surface area contributed by atoms with Gasteiger partial charge in [-0.15, -0.1) is 0 Å². The molecule has 1 N–H and O–H groups in total. The Hall–Kier alpha value is -1.56. The van der Waals surface area contributed by atoms with Gasteiger partial charge >= 0.3 is 0 Å². The number of rotatable bonds is 4. The zero-order valence-electron chi connectivity index (χ0n) is 11.5. The fraction of sp³-hybridized carbons (Fsp3) is 0.500. The lowest BCUT2D eigenvalue weighted by atomic mass is 9.75. The van der Waals surface area contributed by atoms with Crippen LogP contribution in [0.5, 0.6) is 0 Å². The van der Waals surface area contributed by atoms with Crippen LogP contribution in [0.1, 0.15) is 29.6 Å². The molecule has 1 fully saturated rings. The van der Waals surface area contributed by atoms with Crippen molar-refractivity contribution in [1.82, 2.24) is 10.2 Å². The molecule has 110 valence electrons. The largest absolute Gasteiger partial charge is 0.350 e. The summed E-state index contributed by atoms with van der Waals surface area (Å²) in [5.74, 6) is -4.89. The molecule has 0 spiro atoms. The van der Waals surface area contributed by atoms with Crippen LogP contribution in [0.25, 0.3) is 0 Å². The molecule has 0 unspecified atom stereocenters. The Balaban J connectivity index is 2.06. The van der Waals surface area contributed by atoms with Crippen molar-refractivity contribution in [1.29, 1.82) is 0 Å². The molecular weight excluding hydrogens is 269 g/mol. The van der Waals surface area contributed by atoms with Crippen LogP contribution in [0.15, 0.2) is 12.1 Å². The van der Waals surface area contributed by atoms with Crippen LogP contribution >= 0.6 is 0 Å². The molecule has 20 heavy (non-hydrogen) atoms. The second kappa shape index (κ2) is 5.44. The van der Waals surface area contributed by atoms with Crippen molar-refractivity contribution in [2.75, 3.05) is 20.6 Å². The first kappa shape index (κ1) is 14.8. The SMILES string of the molecule is CN(C)C1(CNC(=O)c2cc(F)c(F)c(F)c2)CCC1. The normalized spacial score (nSPS) is 16.9. The van der Waals surface area contributed by atoms with E-state index in [4.69, 9.17) is 0 Å². The van der Waals surface area contributed by atoms with Gasteiger partial charge < -0.3 is 10.2 Å². The number of carbonyl (C=O) groups is 1. The van der Waals surface area contributed by atoms with Crippen molar-refractivity contribution >= 4 is 5.91 Å². The quantitative estimate of drug-likeness (QED) is 0.862. The smallest absolute Gasteiger partial charge is 0.251 e. The minimum atomic E-state index is -1.56. The van der Waals surface area contributed by atoms with Crippen LogP contribution < -0.4 is 5.32 Å². The minimum Gasteiger partial charge on any atom is -0.350 e. The summed E-state index contributed by atoms with van der Waals surface area (Å²) in [6.45, 7) is 0.402. The number of hydrogen-bond acceptors (Lipinski definition) is 2. The van der Waals surface area contributed by atoms with Crippen molar-refractivity contribution < 1.29 is 18.0 Å². The van der Waals surface area contributed by atoms with E-state index in [1.807, 2.05) is 19.0 Å². The Morgan fingerprint density at radius 1 is 1.25 bits per heavy atom. The third-order valence-corrected chi connectivity index (χ3v) is 4.06. The molecule has 2 rings (SSSR count). The molecule has 0 aliphatic heterocycles. The van der Waals surface area contributed by atoms with E-state index in [1.165, 1.54) is 0 Å². The maximum Gasteiger partial charge on any atom is 0.251 e. The molecule has 0 radical (unpaired) electrons. The topological polar surface area (TPSA) is 32.3 Å². The first-order valence-corrected chi connectivity index (χ1v) is 6.46. The van der Waals surface area contributed by atoms with Gasteiger partial charge in [-0.3, -0.25) is 4.79 Å². The molecule has 1 amide bonds. The average molecular weight is 286 g/mol. The van der Waals surface area contributed by atoms with E-state index in [9.17, 15) is 18.0 Å². The molecule has 0 aromatic heterocycles. The summed E-state index contributed by atoms with van der Waals surface area (Å²) in [5, 5.41) is 2.66. The minimum absolute atomic E-state index is 0.0905. The Kier molecular flexibility index (Phi) is 4.04. The van der Waals surface area contributed by atoms with Crippen LogP contribution in [0.4, 0.5) is 13.2 Å². The van der Waals surface area contributed by atoms with E-state index in [0.29, 0.717) is 18.7 Å². The Morgan fingerprint density at radius 3 is 2.20 bits per heavy atom. The Morgan fingerprint density at radius 2 is 1.80 bits per heavy atom. The first-order chi connectivity index (χ1) is 9.35. The average Bonchev–Trinajstić information content (AvgIpc) is 2.33. The summed E-state index contributed by atoms with van der Waals surface area (Å²) in [6.07, 6.45) is 3.02. The van der Waals surface area contributed by atoms with Crippen molar-refractivity contribution in [2.45, 2.75) is 24.8 Å². The van der Waals surface area contributed by atoms with Gasteiger partial charge in [-0.25, -0.2) is 13.2 Å². The van der Waals surface area contributed by atoms with Crippen LogP contribution in [-0.2, 0) is 0 Å². The fourth-order valence-electron chi connectivity index (χ4n) is 2.40. The summed E-state index contributed by atoms with van der Waals surface area (Å²) in [7, 11) is 3.87. The second-order valence-corrected chi connectivity index (χ2v) is 5.41. The summed E-state index contributed by atoms with van der Waals surface area (Å²) < 4.78 is 39.0. The van der Waals surface area contributed by atoms with Gasteiger partial charge in [0.25, 0.3) is 5.91 Å². The lowest BCUT2D eigenvalue weighted by molar-refractivity contribution is 0.0557. The zero-order chi connectivity index (χ0) is 14.9. The lowest BCUT2D eigenvalue weighted by Gasteiger charge is -2.47. The van der Waals surface area contributed by atoms with E-state index < -0.39 is 23.4 Å². The summed E-state index contributed by atoms with van der Waals surface area (Å²) in [5.41, 5.74) is -0.304. The highest BCUT2D eigenvalue weighted by atomic mass is 19.2. The van der Waals surface area contributed by atoms with Crippen molar-refractivity contribution in [3.05, 3.63) is 35.1 Å². The number of likely N-dealkylation sites (N-methyl/N-ethyl adjacent to an activating group) is 1. The summed E-state index contributed by atoms with van der Waals surface area (Å²) in [6, 6.07) is 1.41. The predicted molar refractivity (Wildman–Crippen MR) is 68.9 cm³/mol. The van der Waals surface area contributed by atoms with E-state index in [0.717, 1.165) is 19.3 Å². The predicted octanol–water partition coefficient (Wildman–Crippen LogP) is 2.32. The number of halogens is 3. The van der Waals surface area contributed by atoms with Crippen LogP contribution in [-0.4, -0.2) is 37.0 Å². The third-order valence-electron chi connectivity index (χ3n) is 4.06. The fourth-order valence-corrected chi connectivity index (χ4v) is 2.40. The lowest BCUT2D eigenvalue weighted by Crippen LogP contribution is -2.57. The molecule has 0 saturated heterocycles. The van der Waals surface area contributed by atoms with Crippen LogP contribution in [0, 0.1) is 17.5 Å². The highest BCUT2D eigenvalue weighted by Crippen LogP contribution is 2.35.